The van der Waals surface area contributed by atoms with Gasteiger partial charge in [0.05, 0.1) is 18.4 Å². The molecule has 0 saturated carbocycles. The predicted molar refractivity (Wildman–Crippen MR) is 61.5 cm³/mol. The first-order valence-electron chi connectivity index (χ1n) is 5.40. The second kappa shape index (κ2) is 5.82. The molecule has 4 nitrogen and oxygen atoms in total. The lowest BCUT2D eigenvalue weighted by atomic mass is 9.94. The number of methoxy groups -OCH3 is 1. The zero-order valence-corrected chi connectivity index (χ0v) is 10.1. The Morgan fingerprint density at radius 3 is 2.81 bits per heavy atom. The fraction of sp³-hybridized carbons (Fsp3) is 0.583. The average Bonchev–Trinajstić information content (AvgIpc) is 2.27. The second-order valence-electron chi connectivity index (χ2n) is 3.86. The molecule has 0 fully saturated rings. The number of ether oxygens (including phenoxy) is 2. The first-order chi connectivity index (χ1) is 7.60. The van der Waals surface area contributed by atoms with Crippen molar-refractivity contribution in [3.05, 3.63) is 24.0 Å². The molecular formula is C12H19NO3. The van der Waals surface area contributed by atoms with Crippen molar-refractivity contribution in [2.75, 3.05) is 20.3 Å². The minimum atomic E-state index is -0.934. The molecule has 0 radical (unpaired) electrons. The SMILES string of the molecule is CCOc1cncc(C(C)(O)CCOC)c1. The highest BCUT2D eigenvalue weighted by Gasteiger charge is 2.23. The molecule has 0 aliphatic carbocycles. The van der Waals surface area contributed by atoms with Crippen molar-refractivity contribution in [3.8, 4) is 5.75 Å². The van der Waals surface area contributed by atoms with Gasteiger partial charge in [-0.2, -0.15) is 0 Å². The van der Waals surface area contributed by atoms with Crippen LogP contribution in [0, 0.1) is 0 Å². The highest BCUT2D eigenvalue weighted by Crippen LogP contribution is 2.26. The van der Waals surface area contributed by atoms with Gasteiger partial charge in [0.1, 0.15) is 5.75 Å². The Bertz CT molecular complexity index is 326. The van der Waals surface area contributed by atoms with Crippen LogP contribution in [-0.4, -0.2) is 30.4 Å². The molecule has 0 aliphatic rings. The maximum absolute atomic E-state index is 10.2. The third-order valence-electron chi connectivity index (χ3n) is 2.44. The largest absolute Gasteiger partial charge is 0.492 e. The third kappa shape index (κ3) is 3.47. The number of hydrogen-bond donors (Lipinski definition) is 1. The summed E-state index contributed by atoms with van der Waals surface area (Å²) in [5.74, 6) is 0.678. The summed E-state index contributed by atoms with van der Waals surface area (Å²) < 4.78 is 10.3. The van der Waals surface area contributed by atoms with Gasteiger partial charge in [-0.05, 0) is 19.9 Å². The van der Waals surface area contributed by atoms with Gasteiger partial charge >= 0.3 is 0 Å². The molecule has 0 bridgehead atoms. The Morgan fingerprint density at radius 2 is 2.19 bits per heavy atom. The first kappa shape index (κ1) is 12.9. The summed E-state index contributed by atoms with van der Waals surface area (Å²) in [6.07, 6.45) is 3.82. The van der Waals surface area contributed by atoms with Gasteiger partial charge in [0, 0.05) is 31.9 Å². The van der Waals surface area contributed by atoms with Gasteiger partial charge in [0.2, 0.25) is 0 Å². The molecule has 1 heterocycles. The van der Waals surface area contributed by atoms with E-state index in [0.29, 0.717) is 25.4 Å². The maximum atomic E-state index is 10.2. The fourth-order valence-electron chi connectivity index (χ4n) is 1.40. The summed E-state index contributed by atoms with van der Waals surface area (Å²) in [5.41, 5.74) is -0.189. The van der Waals surface area contributed by atoms with E-state index in [0.717, 1.165) is 5.56 Å². The van der Waals surface area contributed by atoms with Gasteiger partial charge in [0.25, 0.3) is 0 Å². The van der Waals surface area contributed by atoms with E-state index in [1.54, 1.807) is 26.4 Å². The highest BCUT2D eigenvalue weighted by molar-refractivity contribution is 5.27. The third-order valence-corrected chi connectivity index (χ3v) is 2.44. The topological polar surface area (TPSA) is 51.6 Å². The lowest BCUT2D eigenvalue weighted by molar-refractivity contribution is 0.0205. The Labute approximate surface area is 96.2 Å². The number of rotatable bonds is 6. The average molecular weight is 225 g/mol. The summed E-state index contributed by atoms with van der Waals surface area (Å²) in [6, 6.07) is 1.81. The van der Waals surface area contributed by atoms with Gasteiger partial charge in [0.15, 0.2) is 0 Å². The number of aliphatic hydroxyl groups is 1. The van der Waals surface area contributed by atoms with E-state index in [1.165, 1.54) is 0 Å². The second-order valence-corrected chi connectivity index (χ2v) is 3.86. The summed E-state index contributed by atoms with van der Waals surface area (Å²) in [7, 11) is 1.62. The lowest BCUT2D eigenvalue weighted by Crippen LogP contribution is -2.23. The van der Waals surface area contributed by atoms with Gasteiger partial charge in [-0.1, -0.05) is 0 Å². The van der Waals surface area contributed by atoms with Crippen molar-refractivity contribution in [2.24, 2.45) is 0 Å². The van der Waals surface area contributed by atoms with E-state index in [-0.39, 0.29) is 0 Å². The van der Waals surface area contributed by atoms with Crippen molar-refractivity contribution in [2.45, 2.75) is 25.9 Å². The minimum Gasteiger partial charge on any atom is -0.492 e. The van der Waals surface area contributed by atoms with Crippen LogP contribution in [0.25, 0.3) is 0 Å². The molecule has 4 heteroatoms. The minimum absolute atomic E-state index is 0.506. The van der Waals surface area contributed by atoms with Gasteiger partial charge < -0.3 is 14.6 Å². The van der Waals surface area contributed by atoms with Crippen LogP contribution in [-0.2, 0) is 10.3 Å². The Morgan fingerprint density at radius 1 is 1.44 bits per heavy atom. The van der Waals surface area contributed by atoms with E-state index in [1.807, 2.05) is 13.0 Å². The molecule has 0 aromatic carbocycles. The number of nitrogens with zero attached hydrogens (tertiary/aromatic N) is 1. The number of hydrogen-bond acceptors (Lipinski definition) is 4. The van der Waals surface area contributed by atoms with Gasteiger partial charge in [-0.25, -0.2) is 0 Å². The van der Waals surface area contributed by atoms with Crippen LogP contribution in [0.1, 0.15) is 25.8 Å². The van der Waals surface area contributed by atoms with Crippen LogP contribution in [0.2, 0.25) is 0 Å². The molecule has 0 amide bonds. The molecule has 1 aromatic heterocycles. The molecule has 0 spiro atoms. The van der Waals surface area contributed by atoms with Crippen molar-refractivity contribution in [3.63, 3.8) is 0 Å². The molecular weight excluding hydrogens is 206 g/mol. The van der Waals surface area contributed by atoms with Crippen LogP contribution in [0.3, 0.4) is 0 Å². The summed E-state index contributed by atoms with van der Waals surface area (Å²) in [5, 5.41) is 10.2. The van der Waals surface area contributed by atoms with Gasteiger partial charge in [-0.3, -0.25) is 4.98 Å². The summed E-state index contributed by atoms with van der Waals surface area (Å²) >= 11 is 0. The molecule has 1 aromatic rings. The van der Waals surface area contributed by atoms with E-state index < -0.39 is 5.60 Å². The normalized spacial score (nSPS) is 14.5. The standard InChI is InChI=1S/C12H19NO3/c1-4-16-11-7-10(8-13-9-11)12(2,14)5-6-15-3/h7-9,14H,4-6H2,1-3H3. The van der Waals surface area contributed by atoms with Crippen LogP contribution in [0.4, 0.5) is 0 Å². The van der Waals surface area contributed by atoms with Crippen LogP contribution < -0.4 is 4.74 Å². The van der Waals surface area contributed by atoms with E-state index in [4.69, 9.17) is 9.47 Å². The van der Waals surface area contributed by atoms with Crippen LogP contribution in [0.15, 0.2) is 18.5 Å². The Balaban J connectivity index is 2.80. The molecule has 16 heavy (non-hydrogen) atoms. The van der Waals surface area contributed by atoms with Crippen molar-refractivity contribution >= 4 is 0 Å². The van der Waals surface area contributed by atoms with Gasteiger partial charge in [-0.15, -0.1) is 0 Å². The fourth-order valence-corrected chi connectivity index (χ4v) is 1.40. The highest BCUT2D eigenvalue weighted by atomic mass is 16.5. The lowest BCUT2D eigenvalue weighted by Gasteiger charge is -2.23. The zero-order chi connectivity index (χ0) is 12.0. The van der Waals surface area contributed by atoms with Crippen molar-refractivity contribution in [1.82, 2.24) is 4.98 Å². The van der Waals surface area contributed by atoms with E-state index in [2.05, 4.69) is 4.98 Å². The van der Waals surface area contributed by atoms with Crippen LogP contribution in [0.5, 0.6) is 5.75 Å². The zero-order valence-electron chi connectivity index (χ0n) is 10.1. The summed E-state index contributed by atoms with van der Waals surface area (Å²) in [6.45, 7) is 4.76. The maximum Gasteiger partial charge on any atom is 0.137 e. The van der Waals surface area contributed by atoms with E-state index in [9.17, 15) is 5.11 Å². The molecule has 90 valence electrons. The monoisotopic (exact) mass is 225 g/mol. The molecule has 1 rings (SSSR count). The van der Waals surface area contributed by atoms with Crippen molar-refractivity contribution < 1.29 is 14.6 Å². The Kier molecular flexibility index (Phi) is 4.71. The molecule has 0 saturated heterocycles. The molecule has 1 unspecified atom stereocenters. The van der Waals surface area contributed by atoms with E-state index >= 15 is 0 Å². The Hall–Kier alpha value is -1.13. The molecule has 0 aliphatic heterocycles. The molecule has 1 N–H and O–H groups in total. The number of aromatic nitrogens is 1. The quantitative estimate of drug-likeness (QED) is 0.801. The molecule has 1 atom stereocenters. The van der Waals surface area contributed by atoms with Crippen molar-refractivity contribution in [1.29, 1.82) is 0 Å². The predicted octanol–water partition coefficient (Wildman–Crippen LogP) is 1.72. The summed E-state index contributed by atoms with van der Waals surface area (Å²) in [4.78, 5) is 4.05. The number of pyridine rings is 1. The smallest absolute Gasteiger partial charge is 0.137 e. The van der Waals surface area contributed by atoms with Crippen LogP contribution >= 0.6 is 0 Å². The first-order valence-corrected chi connectivity index (χ1v) is 5.40.